The largest absolute Gasteiger partial charge is 0.466 e. The third kappa shape index (κ3) is 4.17. The second-order valence-corrected chi connectivity index (χ2v) is 8.64. The van der Waals surface area contributed by atoms with Gasteiger partial charge < -0.3 is 15.2 Å². The molecule has 12 heteroatoms. The number of carbonyl (C=O) groups excluding carboxylic acids is 2. The van der Waals surface area contributed by atoms with Crippen LogP contribution in [-0.4, -0.2) is 26.2 Å². The normalized spacial score (nSPS) is 15.8. The monoisotopic (exact) mass is 559 g/mol. The summed E-state index contributed by atoms with van der Waals surface area (Å²) in [6.45, 7) is 0. The van der Waals surface area contributed by atoms with Crippen molar-refractivity contribution in [2.75, 3.05) is 19.1 Å². The number of benzene rings is 2. The summed E-state index contributed by atoms with van der Waals surface area (Å²) in [6.07, 6.45) is 0. The van der Waals surface area contributed by atoms with Gasteiger partial charge in [-0.2, -0.15) is 5.26 Å². The van der Waals surface area contributed by atoms with Gasteiger partial charge in [-0.1, -0.05) is 88.3 Å². The maximum absolute atomic E-state index is 13.1. The molecule has 0 aromatic heterocycles. The Balaban J connectivity index is 2.54. The quantitative estimate of drug-likeness (QED) is 0.284. The molecule has 0 fully saturated rings. The van der Waals surface area contributed by atoms with E-state index in [1.165, 1.54) is 0 Å². The number of halogens is 5. The first-order valence-electron chi connectivity index (χ1n) is 9.29. The number of nitrogens with zero attached hydrogens (tertiary/aromatic N) is 2. The van der Waals surface area contributed by atoms with E-state index >= 15 is 0 Å². The van der Waals surface area contributed by atoms with Gasteiger partial charge in [0.15, 0.2) is 0 Å². The van der Waals surface area contributed by atoms with Gasteiger partial charge in [-0.25, -0.2) is 9.59 Å². The van der Waals surface area contributed by atoms with Gasteiger partial charge in [0.1, 0.15) is 11.5 Å². The highest BCUT2D eigenvalue weighted by Crippen LogP contribution is 2.52. The fourth-order valence-electron chi connectivity index (χ4n) is 3.54. The number of carbonyl (C=O) groups is 2. The van der Waals surface area contributed by atoms with Crippen LogP contribution in [0, 0.1) is 11.3 Å². The second-order valence-electron chi connectivity index (χ2n) is 6.75. The van der Waals surface area contributed by atoms with Gasteiger partial charge in [0.05, 0.1) is 68.2 Å². The summed E-state index contributed by atoms with van der Waals surface area (Å²) in [7, 11) is 2.23. The number of rotatable bonds is 4. The third-order valence-electron chi connectivity index (χ3n) is 5.02. The van der Waals surface area contributed by atoms with Crippen molar-refractivity contribution in [2.45, 2.75) is 5.92 Å². The molecule has 7 nitrogen and oxygen atoms in total. The zero-order chi connectivity index (χ0) is 25.3. The van der Waals surface area contributed by atoms with Gasteiger partial charge in [-0.05, 0) is 5.56 Å². The fraction of sp³-hybridized carbons (Fsp3) is 0.136. The Morgan fingerprint density at radius 1 is 0.912 bits per heavy atom. The van der Waals surface area contributed by atoms with Crippen LogP contribution in [0.3, 0.4) is 0 Å². The summed E-state index contributed by atoms with van der Waals surface area (Å²) < 4.78 is 9.91. The Morgan fingerprint density at radius 2 is 1.41 bits per heavy atom. The van der Waals surface area contributed by atoms with Gasteiger partial charge in [0, 0.05) is 0 Å². The fourth-order valence-corrected chi connectivity index (χ4v) is 4.83. The van der Waals surface area contributed by atoms with Crippen LogP contribution in [0.25, 0.3) is 0 Å². The van der Waals surface area contributed by atoms with E-state index in [0.717, 1.165) is 19.1 Å². The lowest BCUT2D eigenvalue weighted by Crippen LogP contribution is -2.41. The van der Waals surface area contributed by atoms with Crippen molar-refractivity contribution in [1.82, 2.24) is 0 Å². The molecule has 0 spiro atoms. The van der Waals surface area contributed by atoms with Crippen molar-refractivity contribution < 1.29 is 19.1 Å². The van der Waals surface area contributed by atoms with Crippen molar-refractivity contribution in [3.63, 3.8) is 0 Å². The molecular formula is C22H14Cl5N3O4. The molecule has 2 aromatic rings. The summed E-state index contributed by atoms with van der Waals surface area (Å²) in [5.74, 6) is -3.24. The molecule has 0 amide bonds. The van der Waals surface area contributed by atoms with Gasteiger partial charge >= 0.3 is 11.9 Å². The van der Waals surface area contributed by atoms with Gasteiger partial charge in [0.25, 0.3) is 0 Å². The molecule has 1 aliphatic heterocycles. The SMILES string of the molecule is COC(=O)C1=C(C(=O)OC)N(c2c(Cl)c(Cl)c(Cl)c(Cl)c2Cl)C(N)=C(C#N)C1c1ccccc1. The maximum Gasteiger partial charge on any atom is 0.355 e. The van der Waals surface area contributed by atoms with E-state index in [9.17, 15) is 14.9 Å². The number of anilines is 1. The Hall–Kier alpha value is -2.60. The molecule has 0 radical (unpaired) electrons. The molecule has 1 heterocycles. The summed E-state index contributed by atoms with van der Waals surface area (Å²) >= 11 is 31.4. The molecule has 0 aliphatic carbocycles. The molecule has 1 atom stereocenters. The number of hydrogen-bond acceptors (Lipinski definition) is 7. The first kappa shape index (κ1) is 26.0. The smallest absolute Gasteiger partial charge is 0.355 e. The number of esters is 2. The molecule has 0 bridgehead atoms. The van der Waals surface area contributed by atoms with Gasteiger partial charge in [-0.15, -0.1) is 0 Å². The van der Waals surface area contributed by atoms with Crippen LogP contribution in [-0.2, 0) is 19.1 Å². The highest BCUT2D eigenvalue weighted by molar-refractivity contribution is 6.56. The van der Waals surface area contributed by atoms with Crippen LogP contribution >= 0.6 is 58.0 Å². The summed E-state index contributed by atoms with van der Waals surface area (Å²) in [6, 6.07) is 10.5. The zero-order valence-corrected chi connectivity index (χ0v) is 21.2. The molecule has 1 unspecified atom stereocenters. The number of ether oxygens (including phenoxy) is 2. The topological polar surface area (TPSA) is 106 Å². The first-order valence-corrected chi connectivity index (χ1v) is 11.2. The van der Waals surface area contributed by atoms with Crippen LogP contribution in [0.5, 0.6) is 0 Å². The Bertz CT molecular complexity index is 1270. The van der Waals surface area contributed by atoms with Crippen LogP contribution in [0.1, 0.15) is 11.5 Å². The van der Waals surface area contributed by atoms with E-state index in [4.69, 9.17) is 73.2 Å². The van der Waals surface area contributed by atoms with Crippen LogP contribution < -0.4 is 10.6 Å². The summed E-state index contributed by atoms with van der Waals surface area (Å²) in [5.41, 5.74) is 6.01. The van der Waals surface area contributed by atoms with Crippen LogP contribution in [0.15, 0.2) is 53.0 Å². The summed E-state index contributed by atoms with van der Waals surface area (Å²) in [4.78, 5) is 27.1. The van der Waals surface area contributed by atoms with Gasteiger partial charge in [-0.3, -0.25) is 4.90 Å². The molecule has 0 saturated carbocycles. The van der Waals surface area contributed by atoms with Crippen molar-refractivity contribution in [3.8, 4) is 6.07 Å². The lowest BCUT2D eigenvalue weighted by Gasteiger charge is -2.36. The zero-order valence-electron chi connectivity index (χ0n) is 17.5. The Kier molecular flexibility index (Phi) is 7.91. The minimum atomic E-state index is -1.07. The number of hydrogen-bond donors (Lipinski definition) is 1. The van der Waals surface area contributed by atoms with Crippen LogP contribution in [0.4, 0.5) is 5.69 Å². The number of allylic oxidation sites excluding steroid dienone is 1. The third-order valence-corrected chi connectivity index (χ3v) is 7.28. The lowest BCUT2D eigenvalue weighted by atomic mass is 9.81. The van der Waals surface area contributed by atoms with E-state index in [-0.39, 0.29) is 47.8 Å². The van der Waals surface area contributed by atoms with Gasteiger partial charge in [0.2, 0.25) is 0 Å². The highest BCUT2D eigenvalue weighted by atomic mass is 35.5. The van der Waals surface area contributed by atoms with E-state index in [2.05, 4.69) is 0 Å². The number of methoxy groups -OCH3 is 2. The Morgan fingerprint density at radius 3 is 1.88 bits per heavy atom. The molecule has 1 aliphatic rings. The van der Waals surface area contributed by atoms with Crippen molar-refractivity contribution in [2.24, 2.45) is 5.73 Å². The standard InChI is InChI=1S/C22H14Cl5N3O4/c1-33-21(31)12-11(9-6-4-3-5-7-9)10(8-28)20(29)30(18(12)22(32)34-2)19-16(26)14(24)13(23)15(25)17(19)27/h3-7,11H,29H2,1-2H3. The van der Waals surface area contributed by atoms with Crippen LogP contribution in [0.2, 0.25) is 25.1 Å². The van der Waals surface area contributed by atoms with Crippen molar-refractivity contribution >= 4 is 75.6 Å². The van der Waals surface area contributed by atoms with E-state index in [1.807, 2.05) is 6.07 Å². The lowest BCUT2D eigenvalue weighted by molar-refractivity contribution is -0.139. The average Bonchev–Trinajstić information content (AvgIpc) is 2.86. The molecule has 3 rings (SSSR count). The second kappa shape index (κ2) is 10.3. The predicted molar refractivity (Wildman–Crippen MR) is 131 cm³/mol. The van der Waals surface area contributed by atoms with Crippen molar-refractivity contribution in [1.29, 1.82) is 5.26 Å². The molecular weight excluding hydrogens is 548 g/mol. The van der Waals surface area contributed by atoms with E-state index in [0.29, 0.717) is 5.56 Å². The van der Waals surface area contributed by atoms with E-state index in [1.54, 1.807) is 30.3 Å². The number of nitrogens with two attached hydrogens (primary N) is 1. The first-order chi connectivity index (χ1) is 16.1. The molecule has 2 N–H and O–H groups in total. The maximum atomic E-state index is 13.1. The average molecular weight is 562 g/mol. The molecule has 2 aromatic carbocycles. The highest BCUT2D eigenvalue weighted by Gasteiger charge is 2.44. The Labute approximate surface area is 219 Å². The minimum absolute atomic E-state index is 0.0893. The molecule has 0 saturated heterocycles. The minimum Gasteiger partial charge on any atom is -0.466 e. The molecule has 34 heavy (non-hydrogen) atoms. The molecule has 176 valence electrons. The van der Waals surface area contributed by atoms with Crippen molar-refractivity contribution in [3.05, 3.63) is 83.7 Å². The summed E-state index contributed by atoms with van der Waals surface area (Å²) in [5, 5.41) is 9.08. The predicted octanol–water partition coefficient (Wildman–Crippen LogP) is 5.85. The number of nitriles is 1. The van der Waals surface area contributed by atoms with E-state index < -0.39 is 23.6 Å².